The zero-order valence-corrected chi connectivity index (χ0v) is 66.0. The molecule has 0 fully saturated rings. The highest BCUT2D eigenvalue weighted by Crippen LogP contribution is 2.19. The van der Waals surface area contributed by atoms with Crippen LogP contribution in [0.5, 0.6) is 0 Å². The molecule has 0 aromatic rings. The first kappa shape index (κ1) is 95.9. The van der Waals surface area contributed by atoms with Gasteiger partial charge in [-0.1, -0.05) is 371 Å². The number of hydrogen-bond donors (Lipinski definition) is 1. The maximum atomic E-state index is 13.0. The molecule has 0 aromatic heterocycles. The normalized spacial score (nSPS) is 13.5. The lowest BCUT2D eigenvalue weighted by molar-refractivity contribution is -0.870. The molecule has 0 bridgehead atoms. The first-order valence-corrected chi connectivity index (χ1v) is 41.6. The van der Waals surface area contributed by atoms with Gasteiger partial charge in [-0.3, -0.25) is 9.59 Å². The van der Waals surface area contributed by atoms with E-state index in [0.29, 0.717) is 17.4 Å². The van der Waals surface area contributed by atoms with Gasteiger partial charge < -0.3 is 28.5 Å². The van der Waals surface area contributed by atoms with Crippen LogP contribution in [0.3, 0.4) is 0 Å². The fourth-order valence-electron chi connectivity index (χ4n) is 11.5. The van der Waals surface area contributed by atoms with Gasteiger partial charge in [0.15, 0.2) is 6.10 Å². The van der Waals surface area contributed by atoms with Crippen LogP contribution in [0.4, 0.5) is 0 Å². The molecular weight excluding hydrogens is 1250 g/mol. The lowest BCUT2D eigenvalue weighted by Gasteiger charge is -2.25. The van der Waals surface area contributed by atoms with E-state index in [-0.39, 0.29) is 32.2 Å². The lowest BCUT2D eigenvalue weighted by atomic mass is 10.0. The third kappa shape index (κ3) is 82.1. The second-order valence-electron chi connectivity index (χ2n) is 28.7. The van der Waals surface area contributed by atoms with Gasteiger partial charge in [-0.05, 0) is 122 Å². The Morgan fingerprint density at radius 3 is 0.792 bits per heavy atom. The minimum atomic E-state index is -1.52. The Morgan fingerprint density at radius 2 is 0.535 bits per heavy atom. The van der Waals surface area contributed by atoms with Crippen LogP contribution in [0.15, 0.2) is 158 Å². The minimum absolute atomic E-state index is 0.184. The first-order chi connectivity index (χ1) is 49.6. The summed E-state index contributed by atoms with van der Waals surface area (Å²) in [6.07, 6.45) is 117. The number of carbonyl (C=O) groups is 3. The summed E-state index contributed by atoms with van der Waals surface area (Å²) in [7, 11) is 5.99. The van der Waals surface area contributed by atoms with Crippen LogP contribution in [0, 0.1) is 0 Å². The average molecular weight is 1400 g/mol. The SMILES string of the molecule is CC/C=C\C/C=C\C/C=C\C/C=C\C/C=C\C/C=C\C/C=C\CCCCCCCCCCCCCCCCCC(=O)OC(COC(=O)CCCCCCCCCCCCCCCCCCCCCC/C=C\C/C=C\C/C=C\C/C=C\C/C=C\C/C=C\CC)COC(OCC[N+](C)(C)C)C(=O)O. The number of rotatable bonds is 76. The number of ether oxygens (including phenoxy) is 4. The largest absolute Gasteiger partial charge is 0.477 e. The molecule has 0 rings (SSSR count). The second kappa shape index (κ2) is 80.6. The van der Waals surface area contributed by atoms with Crippen molar-refractivity contribution in [3.63, 3.8) is 0 Å². The third-order valence-electron chi connectivity index (χ3n) is 17.8. The Kier molecular flexibility index (Phi) is 76.5. The fraction of sp³-hybridized carbons (Fsp3) is 0.685. The summed E-state index contributed by atoms with van der Waals surface area (Å²) in [6.45, 7) is 4.68. The van der Waals surface area contributed by atoms with Crippen molar-refractivity contribution in [3.05, 3.63) is 158 Å². The summed E-state index contributed by atoms with van der Waals surface area (Å²) < 4.78 is 23.1. The van der Waals surface area contributed by atoms with Crippen molar-refractivity contribution < 1.29 is 42.9 Å². The van der Waals surface area contributed by atoms with Crippen molar-refractivity contribution in [1.29, 1.82) is 0 Å². The van der Waals surface area contributed by atoms with Gasteiger partial charge in [0.25, 0.3) is 6.29 Å². The van der Waals surface area contributed by atoms with E-state index in [1.165, 1.54) is 199 Å². The molecule has 9 nitrogen and oxygen atoms in total. The standard InChI is InChI=1S/C92H155NO8/c1-6-8-10-12-14-16-18-20-22-24-26-28-30-32-34-36-38-40-42-44-45-47-48-50-52-54-56-58-60-62-64-66-68-70-72-74-76-78-80-82-89(94)99-86-88(87-100-92(91(96)97)98-85-84-93(3,4)5)101-90(95)83-81-79-77-75-73-71-69-67-65-63-61-59-57-55-53-51-49-46-43-41-39-37-35-33-31-29-27-25-23-21-19-17-15-13-11-9-7-2/h8-11,14-17,20-23,26-29,32-35,38-41,46,49,88,92H,6-7,12-13,18-19,24-25,30-31,36-37,42-45,47-48,50-87H2,1-5H3/p+1/b10-8-,11-9-,16-14-,17-15-,22-20-,23-21-,28-26-,29-27-,34-32-,35-33-,40-38-,41-39-,49-46-. The van der Waals surface area contributed by atoms with Gasteiger partial charge in [0.1, 0.15) is 13.2 Å². The molecule has 0 aliphatic rings. The maximum Gasteiger partial charge on any atom is 0.361 e. The Balaban J connectivity index is 4.01. The number of carboxylic acid groups (broad SMARTS) is 1. The predicted molar refractivity (Wildman–Crippen MR) is 437 cm³/mol. The van der Waals surface area contributed by atoms with E-state index < -0.39 is 24.3 Å². The van der Waals surface area contributed by atoms with E-state index in [2.05, 4.69) is 172 Å². The van der Waals surface area contributed by atoms with E-state index >= 15 is 0 Å². The molecule has 0 saturated carbocycles. The van der Waals surface area contributed by atoms with Crippen LogP contribution in [0.25, 0.3) is 0 Å². The van der Waals surface area contributed by atoms with E-state index in [1.54, 1.807) is 0 Å². The van der Waals surface area contributed by atoms with Crippen LogP contribution in [0.2, 0.25) is 0 Å². The van der Waals surface area contributed by atoms with Crippen LogP contribution in [0.1, 0.15) is 348 Å². The zero-order chi connectivity index (χ0) is 73.2. The number of carbonyl (C=O) groups excluding carboxylic acids is 2. The van der Waals surface area contributed by atoms with Crippen molar-refractivity contribution in [2.45, 2.75) is 360 Å². The fourth-order valence-corrected chi connectivity index (χ4v) is 11.5. The summed E-state index contributed by atoms with van der Waals surface area (Å²) >= 11 is 0. The summed E-state index contributed by atoms with van der Waals surface area (Å²) in [5, 5.41) is 9.79. The summed E-state index contributed by atoms with van der Waals surface area (Å²) in [5.41, 5.74) is 0. The topological polar surface area (TPSA) is 108 Å². The van der Waals surface area contributed by atoms with Crippen molar-refractivity contribution in [3.8, 4) is 0 Å². The Morgan fingerprint density at radius 1 is 0.297 bits per heavy atom. The van der Waals surface area contributed by atoms with E-state index in [4.69, 9.17) is 18.9 Å². The molecule has 101 heavy (non-hydrogen) atoms. The van der Waals surface area contributed by atoms with Gasteiger partial charge in [-0.15, -0.1) is 0 Å². The molecule has 1 N–H and O–H groups in total. The van der Waals surface area contributed by atoms with Gasteiger partial charge in [0.2, 0.25) is 0 Å². The zero-order valence-electron chi connectivity index (χ0n) is 66.0. The summed E-state index contributed by atoms with van der Waals surface area (Å²) in [4.78, 5) is 37.8. The Labute approximate surface area is 623 Å². The Bertz CT molecular complexity index is 2230. The van der Waals surface area contributed by atoms with Crippen molar-refractivity contribution >= 4 is 17.9 Å². The lowest BCUT2D eigenvalue weighted by Crippen LogP contribution is -2.40. The number of likely N-dealkylation sites (N-methyl/N-ethyl adjacent to an activating group) is 1. The molecule has 0 aliphatic carbocycles. The Hall–Kier alpha value is -5.09. The van der Waals surface area contributed by atoms with Crippen molar-refractivity contribution in [1.82, 2.24) is 0 Å². The van der Waals surface area contributed by atoms with Crippen LogP contribution >= 0.6 is 0 Å². The second-order valence-corrected chi connectivity index (χ2v) is 28.7. The molecule has 2 atom stereocenters. The molecule has 0 aliphatic heterocycles. The number of quaternary nitrogens is 1. The first-order valence-electron chi connectivity index (χ1n) is 41.6. The van der Waals surface area contributed by atoms with E-state index in [1.807, 2.05) is 21.1 Å². The summed E-state index contributed by atoms with van der Waals surface area (Å²) in [5.74, 6) is -2.00. The minimum Gasteiger partial charge on any atom is -0.477 e. The van der Waals surface area contributed by atoms with Gasteiger partial charge >= 0.3 is 17.9 Å². The molecule has 0 spiro atoms. The highest BCUT2D eigenvalue weighted by molar-refractivity contribution is 5.71. The molecule has 0 amide bonds. The van der Waals surface area contributed by atoms with Gasteiger partial charge in [0.05, 0.1) is 34.4 Å². The van der Waals surface area contributed by atoms with Crippen LogP contribution in [-0.4, -0.2) is 87.4 Å². The molecule has 0 heterocycles. The number of hydrogen-bond acceptors (Lipinski definition) is 7. The monoisotopic (exact) mass is 1400 g/mol. The van der Waals surface area contributed by atoms with E-state index in [9.17, 15) is 19.5 Å². The number of carboxylic acids is 1. The average Bonchev–Trinajstić information content (AvgIpc) is 1.25. The van der Waals surface area contributed by atoms with Crippen LogP contribution in [-0.2, 0) is 33.3 Å². The number of esters is 2. The predicted octanol–water partition coefficient (Wildman–Crippen LogP) is 27.1. The highest BCUT2D eigenvalue weighted by Gasteiger charge is 2.25. The number of unbranched alkanes of at least 4 members (excludes halogenated alkanes) is 35. The quantitative estimate of drug-likeness (QED) is 0.0211. The number of allylic oxidation sites excluding steroid dienone is 26. The van der Waals surface area contributed by atoms with Gasteiger partial charge in [-0.25, -0.2) is 4.79 Å². The van der Waals surface area contributed by atoms with Crippen LogP contribution < -0.4 is 0 Å². The van der Waals surface area contributed by atoms with Crippen molar-refractivity contribution in [2.24, 2.45) is 0 Å². The molecular formula is C92H156NO8+. The molecule has 2 unspecified atom stereocenters. The molecule has 0 radical (unpaired) electrons. The van der Waals surface area contributed by atoms with Gasteiger partial charge in [-0.2, -0.15) is 0 Å². The number of aliphatic carboxylic acids is 1. The molecule has 0 saturated heterocycles. The summed E-state index contributed by atoms with van der Waals surface area (Å²) in [6, 6.07) is 0. The smallest absolute Gasteiger partial charge is 0.361 e. The number of nitrogens with zero attached hydrogens (tertiary/aromatic N) is 1. The molecule has 0 aromatic carbocycles. The molecule has 576 valence electrons. The highest BCUT2D eigenvalue weighted by atomic mass is 16.7. The van der Waals surface area contributed by atoms with Crippen molar-refractivity contribution in [2.75, 3.05) is 47.5 Å². The van der Waals surface area contributed by atoms with Gasteiger partial charge in [0, 0.05) is 12.8 Å². The molecule has 9 heteroatoms. The van der Waals surface area contributed by atoms with E-state index in [0.717, 1.165) is 122 Å². The third-order valence-corrected chi connectivity index (χ3v) is 17.8. The maximum absolute atomic E-state index is 13.0.